The summed E-state index contributed by atoms with van der Waals surface area (Å²) >= 11 is 0. The van der Waals surface area contributed by atoms with Crippen molar-refractivity contribution in [2.24, 2.45) is 0 Å². The second kappa shape index (κ2) is 4.40. The van der Waals surface area contributed by atoms with Crippen LogP contribution in [0.4, 0.5) is 0 Å². The van der Waals surface area contributed by atoms with Crippen LogP contribution in [0.5, 0.6) is 11.5 Å². The Morgan fingerprint density at radius 3 is 2.78 bits per heavy atom. The summed E-state index contributed by atoms with van der Waals surface area (Å²) in [6, 6.07) is 3.68. The van der Waals surface area contributed by atoms with Gasteiger partial charge in [-0.1, -0.05) is 0 Å². The zero-order valence-electron chi connectivity index (χ0n) is 9.47. The van der Waals surface area contributed by atoms with Crippen LogP contribution >= 0.6 is 0 Å². The van der Waals surface area contributed by atoms with Crippen molar-refractivity contribution in [2.75, 3.05) is 6.61 Å². The summed E-state index contributed by atoms with van der Waals surface area (Å²) in [7, 11) is 0. The lowest BCUT2D eigenvalue weighted by Gasteiger charge is -2.06. The Labute approximate surface area is 101 Å². The van der Waals surface area contributed by atoms with Gasteiger partial charge < -0.3 is 19.4 Å². The highest BCUT2D eigenvalue weighted by molar-refractivity contribution is 5.99. The van der Waals surface area contributed by atoms with Crippen LogP contribution in [0, 0.1) is 0 Å². The minimum atomic E-state index is -0.911. The van der Waals surface area contributed by atoms with Crippen molar-refractivity contribution >= 4 is 16.9 Å². The molecule has 0 amide bonds. The molecule has 6 nitrogen and oxygen atoms in total. The minimum absolute atomic E-state index is 0.0578. The Morgan fingerprint density at radius 2 is 2.11 bits per heavy atom. The number of rotatable bonds is 2. The molecule has 1 heterocycles. The number of carbonyl (C=O) groups is 1. The van der Waals surface area contributed by atoms with E-state index in [-0.39, 0.29) is 23.1 Å². The van der Waals surface area contributed by atoms with Gasteiger partial charge in [0, 0.05) is 6.07 Å². The molecule has 0 atom stereocenters. The van der Waals surface area contributed by atoms with Gasteiger partial charge in [0.05, 0.1) is 12.0 Å². The van der Waals surface area contributed by atoms with Crippen LogP contribution in [-0.4, -0.2) is 22.8 Å². The number of aromatic hydroxyl groups is 2. The van der Waals surface area contributed by atoms with Crippen LogP contribution in [0.1, 0.15) is 17.3 Å². The molecule has 1 aromatic carbocycles. The van der Waals surface area contributed by atoms with Crippen molar-refractivity contribution in [2.45, 2.75) is 6.92 Å². The van der Waals surface area contributed by atoms with Gasteiger partial charge in [0.1, 0.15) is 16.9 Å². The van der Waals surface area contributed by atoms with Crippen molar-refractivity contribution in [3.63, 3.8) is 0 Å². The van der Waals surface area contributed by atoms with E-state index in [4.69, 9.17) is 9.15 Å². The van der Waals surface area contributed by atoms with E-state index in [1.807, 2.05) is 0 Å². The number of phenolic OH excluding ortho intramolecular Hbond substituents is 1. The van der Waals surface area contributed by atoms with E-state index in [1.54, 1.807) is 6.92 Å². The number of fused-ring (bicyclic) bond motifs is 1. The summed E-state index contributed by atoms with van der Waals surface area (Å²) in [5, 5.41) is 19.2. The average molecular weight is 250 g/mol. The molecule has 0 fully saturated rings. The van der Waals surface area contributed by atoms with Gasteiger partial charge in [0.2, 0.25) is 5.75 Å². The van der Waals surface area contributed by atoms with E-state index in [9.17, 15) is 19.8 Å². The molecule has 2 rings (SSSR count). The third-order valence-corrected chi connectivity index (χ3v) is 2.37. The molecule has 1 aromatic heterocycles. The van der Waals surface area contributed by atoms with E-state index in [1.165, 1.54) is 12.1 Å². The van der Waals surface area contributed by atoms with Crippen molar-refractivity contribution in [1.82, 2.24) is 0 Å². The van der Waals surface area contributed by atoms with Crippen LogP contribution in [0.15, 0.2) is 27.4 Å². The monoisotopic (exact) mass is 250 g/mol. The first-order valence-electron chi connectivity index (χ1n) is 5.20. The number of hydrogen-bond donors (Lipinski definition) is 2. The number of phenols is 1. The second-order valence-electron chi connectivity index (χ2n) is 3.51. The zero-order valence-corrected chi connectivity index (χ0v) is 9.47. The third-order valence-electron chi connectivity index (χ3n) is 2.37. The summed E-state index contributed by atoms with van der Waals surface area (Å²) < 4.78 is 9.51. The molecule has 0 radical (unpaired) electrons. The van der Waals surface area contributed by atoms with Crippen LogP contribution in [0.3, 0.4) is 0 Å². The molecule has 0 saturated heterocycles. The van der Waals surface area contributed by atoms with Gasteiger partial charge in [-0.3, -0.25) is 0 Å². The summed E-state index contributed by atoms with van der Waals surface area (Å²) in [6.45, 7) is 1.81. The van der Waals surface area contributed by atoms with Crippen LogP contribution in [0.2, 0.25) is 0 Å². The standard InChI is InChI=1S/C12H10O6/c1-2-17-11(15)6-3-4-9-7(10(6)14)5-8(13)12(16)18-9/h3-5,13-14H,2H2,1H3. The smallest absolute Gasteiger partial charge is 0.378 e. The minimum Gasteiger partial charge on any atom is -0.506 e. The summed E-state index contributed by atoms with van der Waals surface area (Å²) in [6.07, 6.45) is 0. The van der Waals surface area contributed by atoms with E-state index < -0.39 is 23.1 Å². The molecule has 0 aliphatic heterocycles. The number of carbonyl (C=O) groups excluding carboxylic acids is 1. The molecule has 0 bridgehead atoms. The Balaban J connectivity index is 2.67. The van der Waals surface area contributed by atoms with Gasteiger partial charge in [-0.2, -0.15) is 0 Å². The quantitative estimate of drug-likeness (QED) is 0.617. The molecule has 0 saturated carbocycles. The van der Waals surface area contributed by atoms with Crippen LogP contribution < -0.4 is 5.63 Å². The molecular weight excluding hydrogens is 240 g/mol. The lowest BCUT2D eigenvalue weighted by Crippen LogP contribution is -2.05. The zero-order chi connectivity index (χ0) is 13.3. The normalized spacial score (nSPS) is 10.5. The topological polar surface area (TPSA) is 97.0 Å². The molecular formula is C12H10O6. The first-order chi connectivity index (χ1) is 8.54. The first kappa shape index (κ1) is 12.0. The Bertz CT molecular complexity index is 670. The molecule has 0 aliphatic rings. The fraction of sp³-hybridized carbons (Fsp3) is 0.167. The third kappa shape index (κ3) is 1.88. The van der Waals surface area contributed by atoms with Gasteiger partial charge in [-0.15, -0.1) is 0 Å². The SMILES string of the molecule is CCOC(=O)c1ccc2oc(=O)c(O)cc2c1O. The maximum Gasteiger partial charge on any atom is 0.378 e. The Kier molecular flexibility index (Phi) is 2.93. The average Bonchev–Trinajstić information content (AvgIpc) is 2.32. The number of esters is 1. The van der Waals surface area contributed by atoms with Gasteiger partial charge >= 0.3 is 11.6 Å². The van der Waals surface area contributed by atoms with Crippen molar-refractivity contribution in [3.8, 4) is 11.5 Å². The summed E-state index contributed by atoms with van der Waals surface area (Å²) in [5.74, 6) is -1.73. The van der Waals surface area contributed by atoms with Gasteiger partial charge in [-0.05, 0) is 19.1 Å². The Hall–Kier alpha value is -2.50. The van der Waals surface area contributed by atoms with E-state index in [2.05, 4.69) is 0 Å². The van der Waals surface area contributed by atoms with E-state index in [0.717, 1.165) is 6.07 Å². The lowest BCUT2D eigenvalue weighted by molar-refractivity contribution is 0.0523. The van der Waals surface area contributed by atoms with E-state index in [0.29, 0.717) is 0 Å². The summed E-state index contributed by atoms with van der Waals surface area (Å²) in [5.41, 5.74) is -0.897. The predicted octanol–water partition coefficient (Wildman–Crippen LogP) is 1.38. The molecule has 18 heavy (non-hydrogen) atoms. The number of ether oxygens (including phenoxy) is 1. The Morgan fingerprint density at radius 1 is 1.39 bits per heavy atom. The fourth-order valence-electron chi connectivity index (χ4n) is 1.54. The van der Waals surface area contributed by atoms with Crippen molar-refractivity contribution < 1.29 is 24.2 Å². The van der Waals surface area contributed by atoms with Gasteiger partial charge in [-0.25, -0.2) is 9.59 Å². The predicted molar refractivity (Wildman–Crippen MR) is 61.8 cm³/mol. The van der Waals surface area contributed by atoms with Crippen molar-refractivity contribution in [3.05, 3.63) is 34.2 Å². The molecule has 6 heteroatoms. The van der Waals surface area contributed by atoms with Gasteiger partial charge in [0.15, 0.2) is 0 Å². The number of hydrogen-bond acceptors (Lipinski definition) is 6. The molecule has 2 aromatic rings. The molecule has 0 spiro atoms. The maximum atomic E-state index is 11.5. The highest BCUT2D eigenvalue weighted by atomic mass is 16.5. The molecule has 0 unspecified atom stereocenters. The largest absolute Gasteiger partial charge is 0.506 e. The second-order valence-corrected chi connectivity index (χ2v) is 3.51. The van der Waals surface area contributed by atoms with Crippen LogP contribution in [-0.2, 0) is 4.74 Å². The highest BCUT2D eigenvalue weighted by Gasteiger charge is 2.17. The number of benzene rings is 1. The molecule has 2 N–H and O–H groups in total. The molecule has 0 aliphatic carbocycles. The maximum absolute atomic E-state index is 11.5. The summed E-state index contributed by atoms with van der Waals surface area (Å²) in [4.78, 5) is 22.6. The highest BCUT2D eigenvalue weighted by Crippen LogP contribution is 2.30. The fourth-order valence-corrected chi connectivity index (χ4v) is 1.54. The van der Waals surface area contributed by atoms with E-state index >= 15 is 0 Å². The van der Waals surface area contributed by atoms with Crippen LogP contribution in [0.25, 0.3) is 11.0 Å². The first-order valence-corrected chi connectivity index (χ1v) is 5.20. The lowest BCUT2D eigenvalue weighted by atomic mass is 10.1. The molecule has 94 valence electrons. The van der Waals surface area contributed by atoms with Gasteiger partial charge in [0.25, 0.3) is 0 Å². The van der Waals surface area contributed by atoms with Crippen molar-refractivity contribution in [1.29, 1.82) is 0 Å².